The van der Waals surface area contributed by atoms with Crippen molar-refractivity contribution >= 4 is 11.3 Å². The molecule has 0 saturated carbocycles. The van der Waals surface area contributed by atoms with Crippen molar-refractivity contribution in [2.45, 2.75) is 20.8 Å². The number of aryl methyl sites for hydroxylation is 3. The van der Waals surface area contributed by atoms with Gasteiger partial charge in [0.25, 0.3) is 0 Å². The molecule has 3 aromatic rings. The Morgan fingerprint density at radius 2 is 1.36 bits per heavy atom. The van der Waals surface area contributed by atoms with Crippen molar-refractivity contribution in [3.63, 3.8) is 0 Å². The fraction of sp³-hybridized carbons (Fsp3) is 0.158. The summed E-state index contributed by atoms with van der Waals surface area (Å²) in [6.45, 7) is 5.92. The predicted octanol–water partition coefficient (Wildman–Crippen LogP) is 6.29. The Balaban J connectivity index is 2.10. The van der Waals surface area contributed by atoms with E-state index in [2.05, 4.69) is 0 Å². The van der Waals surface area contributed by atoms with E-state index in [-0.39, 0.29) is 0 Å². The lowest BCUT2D eigenvalue weighted by atomic mass is 10.0. The monoisotopic (exact) mass is 314 g/mol. The number of hydrogen-bond donors (Lipinski definition) is 0. The number of rotatable bonds is 2. The average molecular weight is 314 g/mol. The number of hydrogen-bond acceptors (Lipinski definition) is 1. The molecule has 112 valence electrons. The van der Waals surface area contributed by atoms with Gasteiger partial charge in [0.2, 0.25) is 0 Å². The second-order valence-electron chi connectivity index (χ2n) is 5.50. The van der Waals surface area contributed by atoms with Crippen LogP contribution in [0.3, 0.4) is 0 Å². The second-order valence-corrected chi connectivity index (χ2v) is 6.76. The fourth-order valence-corrected chi connectivity index (χ4v) is 3.45. The maximum Gasteiger partial charge on any atom is 0.168 e. The van der Waals surface area contributed by atoms with Gasteiger partial charge in [-0.1, -0.05) is 35.9 Å². The van der Waals surface area contributed by atoms with Gasteiger partial charge in [-0.2, -0.15) is 0 Å². The summed E-state index contributed by atoms with van der Waals surface area (Å²) in [5.41, 5.74) is 3.50. The Bertz CT molecular complexity index is 810. The van der Waals surface area contributed by atoms with Crippen molar-refractivity contribution in [3.8, 4) is 21.6 Å². The van der Waals surface area contributed by atoms with E-state index in [1.165, 1.54) is 11.3 Å². The molecule has 0 bridgehead atoms. The molecule has 0 fully saturated rings. The fourth-order valence-electron chi connectivity index (χ4n) is 2.40. The van der Waals surface area contributed by atoms with Gasteiger partial charge in [-0.15, -0.1) is 11.3 Å². The van der Waals surface area contributed by atoms with Gasteiger partial charge in [-0.25, -0.2) is 8.78 Å². The van der Waals surface area contributed by atoms with Crippen LogP contribution in [-0.2, 0) is 0 Å². The van der Waals surface area contributed by atoms with Gasteiger partial charge in [0, 0.05) is 20.9 Å². The van der Waals surface area contributed by atoms with Crippen LogP contribution in [0.15, 0.2) is 42.5 Å². The third kappa shape index (κ3) is 2.57. The lowest BCUT2D eigenvalue weighted by molar-refractivity contribution is 0.514. The zero-order valence-corrected chi connectivity index (χ0v) is 13.5. The number of halogens is 2. The summed E-state index contributed by atoms with van der Waals surface area (Å²) in [7, 11) is 0. The third-order valence-electron chi connectivity index (χ3n) is 3.88. The highest BCUT2D eigenvalue weighted by Crippen LogP contribution is 2.36. The molecule has 0 saturated heterocycles. The molecule has 0 aliphatic heterocycles. The van der Waals surface area contributed by atoms with Gasteiger partial charge in [0.15, 0.2) is 11.6 Å². The molecular formula is C19H16F2S. The summed E-state index contributed by atoms with van der Waals surface area (Å²) >= 11 is 1.49. The van der Waals surface area contributed by atoms with Crippen molar-refractivity contribution in [1.82, 2.24) is 0 Å². The summed E-state index contributed by atoms with van der Waals surface area (Å²) in [5, 5.41) is 0. The van der Waals surface area contributed by atoms with E-state index in [1.807, 2.05) is 51.1 Å². The molecule has 0 nitrogen and oxygen atoms in total. The van der Waals surface area contributed by atoms with Crippen LogP contribution in [0.25, 0.3) is 21.6 Å². The summed E-state index contributed by atoms with van der Waals surface area (Å²) in [4.78, 5) is 1.89. The molecule has 3 rings (SSSR count). The van der Waals surface area contributed by atoms with Crippen LogP contribution in [0.1, 0.15) is 16.0 Å². The molecule has 0 radical (unpaired) electrons. The van der Waals surface area contributed by atoms with Gasteiger partial charge >= 0.3 is 0 Å². The maximum atomic E-state index is 14.5. The SMILES string of the molecule is Cc1ccc(-c2ccc(-c3cc(C)c(C)s3)c(F)c2F)cc1. The summed E-state index contributed by atoms with van der Waals surface area (Å²) in [5.74, 6) is -1.57. The first kappa shape index (κ1) is 14.9. The minimum atomic E-state index is -0.787. The molecule has 0 unspecified atom stereocenters. The zero-order valence-electron chi connectivity index (χ0n) is 12.7. The highest BCUT2D eigenvalue weighted by molar-refractivity contribution is 7.15. The standard InChI is InChI=1S/C19H16F2S/c1-11-4-6-14(7-5-11)15-8-9-16(19(21)18(15)20)17-10-12(2)13(3)22-17/h4-10H,1-3H3. The molecule has 2 aromatic carbocycles. The molecule has 0 spiro atoms. The van der Waals surface area contributed by atoms with E-state index in [0.29, 0.717) is 16.7 Å². The normalized spacial score (nSPS) is 11.0. The molecule has 0 amide bonds. The van der Waals surface area contributed by atoms with Crippen molar-refractivity contribution in [2.75, 3.05) is 0 Å². The van der Waals surface area contributed by atoms with E-state index < -0.39 is 11.6 Å². The first-order valence-electron chi connectivity index (χ1n) is 7.10. The highest BCUT2D eigenvalue weighted by atomic mass is 32.1. The van der Waals surface area contributed by atoms with Gasteiger partial charge in [0.1, 0.15) is 0 Å². The zero-order chi connectivity index (χ0) is 15.9. The van der Waals surface area contributed by atoms with Gasteiger partial charge in [-0.05, 0) is 44.0 Å². The molecule has 0 aliphatic carbocycles. The van der Waals surface area contributed by atoms with Crippen LogP contribution in [0, 0.1) is 32.4 Å². The molecule has 0 atom stereocenters. The van der Waals surface area contributed by atoms with E-state index in [0.717, 1.165) is 20.9 Å². The second kappa shape index (κ2) is 5.65. The molecule has 22 heavy (non-hydrogen) atoms. The lowest BCUT2D eigenvalue weighted by Gasteiger charge is -2.08. The Hall–Kier alpha value is -2.00. The first-order chi connectivity index (χ1) is 10.5. The van der Waals surface area contributed by atoms with E-state index in [4.69, 9.17) is 0 Å². The minimum Gasteiger partial charge on any atom is -0.203 e. The Morgan fingerprint density at radius 3 is 1.95 bits per heavy atom. The van der Waals surface area contributed by atoms with Crippen LogP contribution in [-0.4, -0.2) is 0 Å². The average Bonchev–Trinajstić information content (AvgIpc) is 2.82. The molecule has 3 heteroatoms. The summed E-state index contributed by atoms with van der Waals surface area (Å²) in [6, 6.07) is 12.6. The van der Waals surface area contributed by atoms with Crippen LogP contribution in [0.4, 0.5) is 8.78 Å². The molecule has 0 N–H and O–H groups in total. The molecule has 1 heterocycles. The van der Waals surface area contributed by atoms with E-state index in [1.54, 1.807) is 12.1 Å². The van der Waals surface area contributed by atoms with Gasteiger partial charge in [-0.3, -0.25) is 0 Å². The van der Waals surface area contributed by atoms with Crippen molar-refractivity contribution in [2.24, 2.45) is 0 Å². The van der Waals surface area contributed by atoms with E-state index >= 15 is 0 Å². The largest absolute Gasteiger partial charge is 0.203 e. The predicted molar refractivity (Wildman–Crippen MR) is 89.3 cm³/mol. The minimum absolute atomic E-state index is 0.297. The van der Waals surface area contributed by atoms with Crippen molar-refractivity contribution in [1.29, 1.82) is 0 Å². The van der Waals surface area contributed by atoms with Crippen LogP contribution >= 0.6 is 11.3 Å². The number of thiophene rings is 1. The van der Waals surface area contributed by atoms with Crippen LogP contribution < -0.4 is 0 Å². The molecular weight excluding hydrogens is 298 g/mol. The van der Waals surface area contributed by atoms with Gasteiger partial charge < -0.3 is 0 Å². The third-order valence-corrected chi connectivity index (χ3v) is 5.06. The summed E-state index contributed by atoms with van der Waals surface area (Å²) < 4.78 is 29.0. The van der Waals surface area contributed by atoms with Crippen LogP contribution in [0.2, 0.25) is 0 Å². The van der Waals surface area contributed by atoms with Crippen LogP contribution in [0.5, 0.6) is 0 Å². The summed E-state index contributed by atoms with van der Waals surface area (Å²) in [6.07, 6.45) is 0. The highest BCUT2D eigenvalue weighted by Gasteiger charge is 2.17. The van der Waals surface area contributed by atoms with Crippen molar-refractivity contribution in [3.05, 3.63) is 70.1 Å². The molecule has 0 aliphatic rings. The lowest BCUT2D eigenvalue weighted by Crippen LogP contribution is -1.93. The molecule has 1 aromatic heterocycles. The van der Waals surface area contributed by atoms with E-state index in [9.17, 15) is 8.78 Å². The Kier molecular flexibility index (Phi) is 3.83. The van der Waals surface area contributed by atoms with Gasteiger partial charge in [0.05, 0.1) is 0 Å². The first-order valence-corrected chi connectivity index (χ1v) is 7.91. The Morgan fingerprint density at radius 1 is 0.773 bits per heavy atom. The topological polar surface area (TPSA) is 0 Å². The van der Waals surface area contributed by atoms with Crippen molar-refractivity contribution < 1.29 is 8.78 Å². The quantitative estimate of drug-likeness (QED) is 0.522. The maximum absolute atomic E-state index is 14.5. The number of benzene rings is 2. The Labute approximate surface area is 133 Å². The smallest absolute Gasteiger partial charge is 0.168 e.